The molecule has 0 amide bonds. The summed E-state index contributed by atoms with van der Waals surface area (Å²) in [7, 11) is 0.366. The van der Waals surface area contributed by atoms with Crippen LogP contribution in [0.3, 0.4) is 0 Å². The molecule has 156 valence electrons. The van der Waals surface area contributed by atoms with Gasteiger partial charge in [0.2, 0.25) is 0 Å². The van der Waals surface area contributed by atoms with Gasteiger partial charge in [0.25, 0.3) is 0 Å². The SMILES string of the molecule is CCCCCCCCP(CCCCCCCC)CCCCCCCC.[Be+2].[H-].[H-]. The van der Waals surface area contributed by atoms with Crippen LogP contribution in [-0.4, -0.2) is 28.6 Å². The Hall–Kier alpha value is 0.599. The summed E-state index contributed by atoms with van der Waals surface area (Å²) in [5.41, 5.74) is 0. The summed E-state index contributed by atoms with van der Waals surface area (Å²) in [6.45, 7) is 6.96. The molecular formula is C24H53BeP. The predicted octanol–water partition coefficient (Wildman–Crippen LogP) is 9.39. The first-order valence-corrected chi connectivity index (χ1v) is 14.0. The first kappa shape index (κ1) is 28.8. The Morgan fingerprint density at radius 3 is 0.885 bits per heavy atom. The van der Waals surface area contributed by atoms with E-state index in [9.17, 15) is 0 Å². The molecule has 0 radical (unpaired) electrons. The zero-order valence-electron chi connectivity index (χ0n) is 21.0. The van der Waals surface area contributed by atoms with E-state index in [1.165, 1.54) is 116 Å². The Kier molecular flexibility index (Phi) is 28.4. The van der Waals surface area contributed by atoms with E-state index in [4.69, 9.17) is 0 Å². The molecule has 0 atom stereocenters. The molecule has 0 nitrogen and oxygen atoms in total. The van der Waals surface area contributed by atoms with E-state index < -0.39 is 0 Å². The molecule has 0 fully saturated rings. The smallest absolute Gasteiger partial charge is 1.00 e. The molecule has 0 bridgehead atoms. The van der Waals surface area contributed by atoms with E-state index in [2.05, 4.69) is 20.8 Å². The van der Waals surface area contributed by atoms with Gasteiger partial charge in [0.1, 0.15) is 0 Å². The molecule has 0 aromatic heterocycles. The molecule has 0 aliphatic carbocycles. The third kappa shape index (κ3) is 22.6. The zero-order valence-corrected chi connectivity index (χ0v) is 19.9. The van der Waals surface area contributed by atoms with Crippen molar-refractivity contribution in [2.45, 2.75) is 136 Å². The van der Waals surface area contributed by atoms with E-state index >= 15 is 0 Å². The van der Waals surface area contributed by atoms with Gasteiger partial charge in [-0.25, -0.2) is 0 Å². The second-order valence-corrected chi connectivity index (χ2v) is 10.8. The van der Waals surface area contributed by atoms with Gasteiger partial charge in [0.05, 0.1) is 0 Å². The zero-order chi connectivity index (χ0) is 18.4. The van der Waals surface area contributed by atoms with Crippen LogP contribution in [0.15, 0.2) is 0 Å². The van der Waals surface area contributed by atoms with Crippen molar-refractivity contribution in [1.82, 2.24) is 0 Å². The van der Waals surface area contributed by atoms with Crippen LogP contribution in [0.4, 0.5) is 0 Å². The molecular weight excluding hydrogens is 328 g/mol. The Labute approximate surface area is 176 Å². The van der Waals surface area contributed by atoms with Gasteiger partial charge >= 0.3 is 10.1 Å². The van der Waals surface area contributed by atoms with Crippen molar-refractivity contribution in [3.63, 3.8) is 0 Å². The van der Waals surface area contributed by atoms with Crippen molar-refractivity contribution in [3.05, 3.63) is 0 Å². The summed E-state index contributed by atoms with van der Waals surface area (Å²) in [6.07, 6.45) is 31.2. The third-order valence-electron chi connectivity index (χ3n) is 5.48. The largest absolute Gasteiger partial charge is 2.00 e. The summed E-state index contributed by atoms with van der Waals surface area (Å²) < 4.78 is 0. The maximum Gasteiger partial charge on any atom is 2.00 e. The molecule has 0 aliphatic rings. The molecule has 0 saturated heterocycles. The number of hydrogen-bond acceptors (Lipinski definition) is 0. The third-order valence-corrected chi connectivity index (χ3v) is 8.33. The summed E-state index contributed by atoms with van der Waals surface area (Å²) in [6, 6.07) is 0. The van der Waals surface area contributed by atoms with Crippen LogP contribution in [0.2, 0.25) is 0 Å². The van der Waals surface area contributed by atoms with Crippen molar-refractivity contribution in [1.29, 1.82) is 0 Å². The molecule has 0 N–H and O–H groups in total. The van der Waals surface area contributed by atoms with Gasteiger partial charge in [-0.15, -0.1) is 7.92 Å². The molecule has 2 heteroatoms. The van der Waals surface area contributed by atoms with E-state index in [0.717, 1.165) is 0 Å². The van der Waals surface area contributed by atoms with Crippen molar-refractivity contribution in [2.24, 2.45) is 0 Å². The summed E-state index contributed by atoms with van der Waals surface area (Å²) >= 11 is 0. The molecule has 0 aliphatic heterocycles. The molecule has 0 unspecified atom stereocenters. The van der Waals surface area contributed by atoms with Crippen molar-refractivity contribution >= 4 is 18.0 Å². The predicted molar refractivity (Wildman–Crippen MR) is 130 cm³/mol. The Morgan fingerprint density at radius 1 is 0.385 bits per heavy atom. The molecule has 0 aromatic carbocycles. The minimum atomic E-state index is 0. The number of rotatable bonds is 21. The summed E-state index contributed by atoms with van der Waals surface area (Å²) in [5, 5.41) is 0. The monoisotopic (exact) mass is 381 g/mol. The maximum absolute atomic E-state index is 2.32. The first-order valence-electron chi connectivity index (χ1n) is 12.1. The molecule has 0 spiro atoms. The Balaban J connectivity index is -0.000000960. The van der Waals surface area contributed by atoms with Crippen LogP contribution in [0, 0.1) is 0 Å². The van der Waals surface area contributed by atoms with Crippen molar-refractivity contribution in [3.8, 4) is 0 Å². The molecule has 0 heterocycles. The van der Waals surface area contributed by atoms with Crippen LogP contribution >= 0.6 is 7.92 Å². The second-order valence-electron chi connectivity index (χ2n) is 8.14. The minimum Gasteiger partial charge on any atom is -1.00 e. The van der Waals surface area contributed by atoms with Crippen molar-refractivity contribution < 1.29 is 2.85 Å². The van der Waals surface area contributed by atoms with Gasteiger partial charge < -0.3 is 2.85 Å². The minimum absolute atomic E-state index is 0. The first-order chi connectivity index (χ1) is 12.3. The topological polar surface area (TPSA) is 0 Å². The normalized spacial score (nSPS) is 11.1. The van der Waals surface area contributed by atoms with Gasteiger partial charge in [-0.05, 0) is 37.7 Å². The summed E-state index contributed by atoms with van der Waals surface area (Å²) in [5.74, 6) is 0. The van der Waals surface area contributed by atoms with Crippen molar-refractivity contribution in [2.75, 3.05) is 18.5 Å². The van der Waals surface area contributed by atoms with Gasteiger partial charge in [0, 0.05) is 0 Å². The van der Waals surface area contributed by atoms with Crippen LogP contribution in [0.5, 0.6) is 0 Å². The molecule has 0 rings (SSSR count). The van der Waals surface area contributed by atoms with E-state index in [0.29, 0.717) is 7.92 Å². The molecule has 26 heavy (non-hydrogen) atoms. The second kappa shape index (κ2) is 25.6. The van der Waals surface area contributed by atoms with Crippen LogP contribution in [0.1, 0.15) is 139 Å². The van der Waals surface area contributed by atoms with Crippen LogP contribution in [0.25, 0.3) is 0 Å². The fraction of sp³-hybridized carbons (Fsp3) is 1.00. The molecule has 0 aromatic rings. The maximum atomic E-state index is 2.32. The van der Waals surface area contributed by atoms with Gasteiger partial charge in [-0.3, -0.25) is 0 Å². The average molecular weight is 382 g/mol. The quantitative estimate of drug-likeness (QED) is 0.105. The fourth-order valence-corrected chi connectivity index (χ4v) is 6.37. The standard InChI is InChI=1S/C24H51P.Be.2H/c1-4-7-10-13-16-19-22-25(23-20-17-14-11-8-5-2)24-21-18-15-12-9-6-3;;;/h4-24H2,1-3H3;;;/q;+2;2*-1. The molecule has 0 saturated carbocycles. The number of unbranched alkanes of at least 4 members (excludes halogenated alkanes) is 15. The fourth-order valence-electron chi connectivity index (χ4n) is 3.68. The Morgan fingerprint density at radius 2 is 0.615 bits per heavy atom. The average Bonchev–Trinajstić information content (AvgIpc) is 2.63. The van der Waals surface area contributed by atoms with Gasteiger partial charge in [0.15, 0.2) is 0 Å². The van der Waals surface area contributed by atoms with E-state index in [1.807, 2.05) is 0 Å². The van der Waals surface area contributed by atoms with E-state index in [-0.39, 0.29) is 13.0 Å². The Bertz CT molecular complexity index is 205. The van der Waals surface area contributed by atoms with E-state index in [1.54, 1.807) is 18.5 Å². The van der Waals surface area contributed by atoms with Crippen LogP contribution in [-0.2, 0) is 0 Å². The number of hydrogen-bond donors (Lipinski definition) is 0. The van der Waals surface area contributed by atoms with Crippen LogP contribution < -0.4 is 0 Å². The van der Waals surface area contributed by atoms with Gasteiger partial charge in [-0.1, -0.05) is 117 Å². The summed E-state index contributed by atoms with van der Waals surface area (Å²) in [4.78, 5) is 0. The van der Waals surface area contributed by atoms with Gasteiger partial charge in [-0.2, -0.15) is 0 Å².